The minimum atomic E-state index is -0.416. The Morgan fingerprint density at radius 2 is 2.38 bits per heavy atom. The van der Waals surface area contributed by atoms with Crippen molar-refractivity contribution in [2.75, 3.05) is 6.61 Å². The van der Waals surface area contributed by atoms with Gasteiger partial charge in [0.15, 0.2) is 5.65 Å². The summed E-state index contributed by atoms with van der Waals surface area (Å²) in [5.74, 6) is -0.416. The van der Waals surface area contributed by atoms with Crippen LogP contribution < -0.4 is 0 Å². The SMILES string of the molecule is CCOC(=O)c1c(Br)nn2cc(C)cnc12. The van der Waals surface area contributed by atoms with Gasteiger partial charge in [0, 0.05) is 12.4 Å². The van der Waals surface area contributed by atoms with Gasteiger partial charge in [-0.2, -0.15) is 5.10 Å². The minimum Gasteiger partial charge on any atom is -0.462 e. The summed E-state index contributed by atoms with van der Waals surface area (Å²) in [5.41, 5.74) is 1.83. The molecule has 0 saturated carbocycles. The molecule has 0 bridgehead atoms. The monoisotopic (exact) mass is 283 g/mol. The van der Waals surface area contributed by atoms with E-state index >= 15 is 0 Å². The van der Waals surface area contributed by atoms with Gasteiger partial charge in [-0.25, -0.2) is 14.3 Å². The lowest BCUT2D eigenvalue weighted by atomic mass is 10.3. The van der Waals surface area contributed by atoms with Crippen molar-refractivity contribution in [3.05, 3.63) is 28.1 Å². The fourth-order valence-corrected chi connectivity index (χ4v) is 1.89. The second kappa shape index (κ2) is 4.21. The van der Waals surface area contributed by atoms with Crippen LogP contribution in [0.3, 0.4) is 0 Å². The van der Waals surface area contributed by atoms with E-state index in [9.17, 15) is 4.79 Å². The molecule has 0 aliphatic heterocycles. The number of aromatic nitrogens is 3. The van der Waals surface area contributed by atoms with Crippen LogP contribution in [0.15, 0.2) is 17.0 Å². The molecule has 0 fully saturated rings. The van der Waals surface area contributed by atoms with Crippen LogP contribution in [0, 0.1) is 6.92 Å². The van der Waals surface area contributed by atoms with E-state index < -0.39 is 5.97 Å². The molecule has 2 aromatic rings. The summed E-state index contributed by atoms with van der Waals surface area (Å²) in [4.78, 5) is 15.9. The van der Waals surface area contributed by atoms with Crippen molar-refractivity contribution in [3.63, 3.8) is 0 Å². The van der Waals surface area contributed by atoms with Crippen LogP contribution in [0.4, 0.5) is 0 Å². The van der Waals surface area contributed by atoms with Crippen LogP contribution in [0.5, 0.6) is 0 Å². The molecule has 5 nitrogen and oxygen atoms in total. The number of hydrogen-bond donors (Lipinski definition) is 0. The van der Waals surface area contributed by atoms with Crippen LogP contribution >= 0.6 is 15.9 Å². The molecule has 0 saturated heterocycles. The van der Waals surface area contributed by atoms with Crippen molar-refractivity contribution in [2.45, 2.75) is 13.8 Å². The number of rotatable bonds is 2. The number of ether oxygens (including phenoxy) is 1. The minimum absolute atomic E-state index is 0.328. The number of carbonyl (C=O) groups excluding carboxylic acids is 1. The molecular weight excluding hydrogens is 274 g/mol. The normalized spacial score (nSPS) is 10.7. The molecule has 0 unspecified atom stereocenters. The van der Waals surface area contributed by atoms with Crippen molar-refractivity contribution in [2.24, 2.45) is 0 Å². The molecule has 0 aromatic carbocycles. The molecule has 2 heterocycles. The number of esters is 1. The Morgan fingerprint density at radius 1 is 1.62 bits per heavy atom. The highest BCUT2D eigenvalue weighted by Gasteiger charge is 2.20. The Balaban J connectivity index is 2.60. The first-order valence-electron chi connectivity index (χ1n) is 4.81. The third kappa shape index (κ3) is 1.80. The average molecular weight is 284 g/mol. The number of fused-ring (bicyclic) bond motifs is 1. The summed E-state index contributed by atoms with van der Waals surface area (Å²) in [6, 6.07) is 0. The van der Waals surface area contributed by atoms with E-state index in [1.165, 1.54) is 0 Å². The van der Waals surface area contributed by atoms with E-state index in [-0.39, 0.29) is 0 Å². The van der Waals surface area contributed by atoms with E-state index in [0.29, 0.717) is 22.4 Å². The predicted octanol–water partition coefficient (Wildman–Crippen LogP) is 1.98. The summed E-state index contributed by atoms with van der Waals surface area (Å²) in [7, 11) is 0. The predicted molar refractivity (Wildman–Crippen MR) is 61.4 cm³/mol. The van der Waals surface area contributed by atoms with E-state index in [4.69, 9.17) is 4.74 Å². The highest BCUT2D eigenvalue weighted by molar-refractivity contribution is 9.10. The fraction of sp³-hybridized carbons (Fsp3) is 0.300. The number of hydrogen-bond acceptors (Lipinski definition) is 4. The van der Waals surface area contributed by atoms with Gasteiger partial charge in [0.25, 0.3) is 0 Å². The van der Waals surface area contributed by atoms with Gasteiger partial charge in [0.05, 0.1) is 6.61 Å². The zero-order chi connectivity index (χ0) is 11.7. The van der Waals surface area contributed by atoms with Gasteiger partial charge in [-0.1, -0.05) is 0 Å². The molecule has 0 spiro atoms. The highest BCUT2D eigenvalue weighted by Crippen LogP contribution is 2.20. The van der Waals surface area contributed by atoms with Gasteiger partial charge in [-0.15, -0.1) is 0 Å². The van der Waals surface area contributed by atoms with Crippen LogP contribution in [-0.2, 0) is 4.74 Å². The van der Waals surface area contributed by atoms with E-state index in [1.807, 2.05) is 6.92 Å². The molecule has 0 N–H and O–H groups in total. The fourth-order valence-electron chi connectivity index (χ4n) is 1.38. The smallest absolute Gasteiger partial charge is 0.344 e. The van der Waals surface area contributed by atoms with Crippen molar-refractivity contribution in [1.29, 1.82) is 0 Å². The average Bonchev–Trinajstić information content (AvgIpc) is 2.53. The molecule has 16 heavy (non-hydrogen) atoms. The summed E-state index contributed by atoms with van der Waals surface area (Å²) in [5, 5.41) is 4.15. The van der Waals surface area contributed by atoms with Crippen LogP contribution in [0.1, 0.15) is 22.8 Å². The zero-order valence-corrected chi connectivity index (χ0v) is 10.5. The molecule has 84 valence electrons. The molecule has 0 radical (unpaired) electrons. The zero-order valence-electron chi connectivity index (χ0n) is 8.90. The Hall–Kier alpha value is -1.43. The van der Waals surface area contributed by atoms with E-state index in [2.05, 4.69) is 26.0 Å². The molecular formula is C10H10BrN3O2. The van der Waals surface area contributed by atoms with E-state index in [0.717, 1.165) is 5.56 Å². The second-order valence-electron chi connectivity index (χ2n) is 3.29. The van der Waals surface area contributed by atoms with Gasteiger partial charge in [0.1, 0.15) is 10.2 Å². The number of carbonyl (C=O) groups is 1. The molecule has 6 heteroatoms. The van der Waals surface area contributed by atoms with Gasteiger partial charge < -0.3 is 4.74 Å². The molecule has 2 rings (SSSR count). The largest absolute Gasteiger partial charge is 0.462 e. The third-order valence-corrected chi connectivity index (χ3v) is 2.59. The number of aryl methyl sites for hydroxylation is 1. The lowest BCUT2D eigenvalue weighted by Gasteiger charge is -1.99. The van der Waals surface area contributed by atoms with Crippen molar-refractivity contribution in [1.82, 2.24) is 14.6 Å². The van der Waals surface area contributed by atoms with Gasteiger partial charge >= 0.3 is 5.97 Å². The Bertz CT molecular complexity index is 550. The Labute approximate surface area is 101 Å². The quantitative estimate of drug-likeness (QED) is 0.791. The van der Waals surface area contributed by atoms with Gasteiger partial charge in [-0.05, 0) is 35.3 Å². The maximum Gasteiger partial charge on any atom is 0.344 e. The first kappa shape index (κ1) is 11.1. The lowest BCUT2D eigenvalue weighted by molar-refractivity contribution is 0.0527. The van der Waals surface area contributed by atoms with Crippen LogP contribution in [0.2, 0.25) is 0 Å². The molecule has 0 amide bonds. The lowest BCUT2D eigenvalue weighted by Crippen LogP contribution is -2.05. The van der Waals surface area contributed by atoms with Gasteiger partial charge in [0.2, 0.25) is 0 Å². The molecule has 0 aliphatic carbocycles. The van der Waals surface area contributed by atoms with Crippen molar-refractivity contribution in [3.8, 4) is 0 Å². The van der Waals surface area contributed by atoms with Crippen LogP contribution in [0.25, 0.3) is 5.65 Å². The molecule has 2 aromatic heterocycles. The van der Waals surface area contributed by atoms with Crippen molar-refractivity contribution < 1.29 is 9.53 Å². The third-order valence-electron chi connectivity index (χ3n) is 2.04. The van der Waals surface area contributed by atoms with Crippen LogP contribution in [-0.4, -0.2) is 27.2 Å². The summed E-state index contributed by atoms with van der Waals surface area (Å²) in [6.07, 6.45) is 3.49. The molecule has 0 aliphatic rings. The summed E-state index contributed by atoms with van der Waals surface area (Å²) < 4.78 is 6.95. The topological polar surface area (TPSA) is 56.5 Å². The standard InChI is InChI=1S/C10H10BrN3O2/c1-3-16-10(15)7-8(11)13-14-5-6(2)4-12-9(7)14/h4-5H,3H2,1-2H3. The maximum absolute atomic E-state index is 11.7. The second-order valence-corrected chi connectivity index (χ2v) is 4.04. The Kier molecular flexibility index (Phi) is 2.91. The number of halogens is 1. The Morgan fingerprint density at radius 3 is 3.06 bits per heavy atom. The summed E-state index contributed by atoms with van der Waals surface area (Å²) in [6.45, 7) is 4.00. The first-order chi connectivity index (χ1) is 7.63. The number of nitrogens with zero attached hydrogens (tertiary/aromatic N) is 3. The first-order valence-corrected chi connectivity index (χ1v) is 5.60. The van der Waals surface area contributed by atoms with Gasteiger partial charge in [-0.3, -0.25) is 0 Å². The summed E-state index contributed by atoms with van der Waals surface area (Å²) >= 11 is 3.23. The van der Waals surface area contributed by atoms with Crippen molar-refractivity contribution >= 4 is 27.5 Å². The highest BCUT2D eigenvalue weighted by atomic mass is 79.9. The molecule has 0 atom stereocenters. The maximum atomic E-state index is 11.7. The van der Waals surface area contributed by atoms with E-state index in [1.54, 1.807) is 23.8 Å².